The van der Waals surface area contributed by atoms with Gasteiger partial charge in [0.05, 0.1) is 23.6 Å². The molecule has 0 radical (unpaired) electrons. The standard InChI is InChI=1S/C10H13N3.C10H12N2.C8H8BrN3.CH5N/c1-4-8-5-9-7(2)12-13(3)10(9)11-6-8;1-3-8-4-9-7(2)11-6-10(9)12-5-8;1-5-7-3-6(9)4-10-8(7)12(2)11-5;1-2/h5-6H,4H2,1-3H3;4-5H,3,6H2,1-2H3;3-4H,1-2H3;2H2,1H3. The van der Waals surface area contributed by atoms with Crippen molar-refractivity contribution in [3.63, 3.8) is 0 Å². The molecule has 0 fully saturated rings. The SMILES string of the molecule is CCc1cnc2c(c1)C(C)=NC2.CCc1cnc2c(c1)c(C)nn2C.CN.Cc1nn(C)c2ncc(Br)cc12. The first-order valence-corrected chi connectivity index (χ1v) is 13.8. The number of aromatic nitrogens is 7. The number of halogens is 1. The maximum absolute atomic E-state index is 4.50. The maximum Gasteiger partial charge on any atom is 0.157 e. The zero-order valence-corrected chi connectivity index (χ0v) is 25.7. The van der Waals surface area contributed by atoms with Crippen molar-refractivity contribution in [2.75, 3.05) is 7.05 Å². The predicted octanol–water partition coefficient (Wildman–Crippen LogP) is 5.42. The molecular weight excluding hydrogens is 554 g/mol. The van der Waals surface area contributed by atoms with Crippen molar-refractivity contribution in [3.8, 4) is 0 Å². The van der Waals surface area contributed by atoms with E-state index in [1.165, 1.54) is 29.1 Å². The smallest absolute Gasteiger partial charge is 0.157 e. The summed E-state index contributed by atoms with van der Waals surface area (Å²) >= 11 is 3.38. The van der Waals surface area contributed by atoms with E-state index in [0.717, 1.165) is 63.3 Å². The van der Waals surface area contributed by atoms with Gasteiger partial charge in [0.25, 0.3) is 0 Å². The van der Waals surface area contributed by atoms with Crippen LogP contribution < -0.4 is 5.73 Å². The molecule has 6 heterocycles. The third-order valence-electron chi connectivity index (χ3n) is 6.45. The van der Waals surface area contributed by atoms with Gasteiger partial charge < -0.3 is 5.73 Å². The number of aliphatic imine (C=N–C) groups is 1. The minimum atomic E-state index is 0.769. The van der Waals surface area contributed by atoms with Gasteiger partial charge in [0.1, 0.15) is 0 Å². The van der Waals surface area contributed by atoms with E-state index in [1.54, 1.807) is 10.9 Å². The lowest BCUT2D eigenvalue weighted by Gasteiger charge is -2.00. The molecule has 1 aliphatic heterocycles. The van der Waals surface area contributed by atoms with Gasteiger partial charge in [0.2, 0.25) is 0 Å². The Morgan fingerprint density at radius 2 is 1.28 bits per heavy atom. The van der Waals surface area contributed by atoms with Crippen LogP contribution in [0.25, 0.3) is 22.1 Å². The molecule has 0 atom stereocenters. The Morgan fingerprint density at radius 1 is 0.769 bits per heavy atom. The van der Waals surface area contributed by atoms with Crippen LogP contribution in [-0.4, -0.2) is 47.3 Å². The Balaban J connectivity index is 0.000000157. The van der Waals surface area contributed by atoms with Gasteiger partial charge in [0.15, 0.2) is 11.3 Å². The lowest BCUT2D eigenvalue weighted by Crippen LogP contribution is -1.96. The van der Waals surface area contributed by atoms with Gasteiger partial charge in [-0.3, -0.25) is 19.3 Å². The van der Waals surface area contributed by atoms with Crippen LogP contribution in [0.4, 0.5) is 0 Å². The first-order chi connectivity index (χ1) is 18.7. The lowest BCUT2D eigenvalue weighted by molar-refractivity contribution is 0.773. The Morgan fingerprint density at radius 3 is 1.87 bits per heavy atom. The number of rotatable bonds is 2. The minimum absolute atomic E-state index is 0.769. The molecule has 0 aromatic carbocycles. The van der Waals surface area contributed by atoms with Crippen LogP contribution in [0.5, 0.6) is 0 Å². The Labute approximate surface area is 238 Å². The average molecular weight is 593 g/mol. The highest BCUT2D eigenvalue weighted by atomic mass is 79.9. The van der Waals surface area contributed by atoms with Gasteiger partial charge in [-0.25, -0.2) is 9.97 Å². The number of hydrogen-bond acceptors (Lipinski definition) is 7. The van der Waals surface area contributed by atoms with Gasteiger partial charge in [-0.1, -0.05) is 13.8 Å². The predicted molar refractivity (Wildman–Crippen MR) is 163 cm³/mol. The van der Waals surface area contributed by atoms with Gasteiger partial charge >= 0.3 is 0 Å². The third-order valence-corrected chi connectivity index (χ3v) is 6.88. The second-order valence-corrected chi connectivity index (χ2v) is 10.0. The van der Waals surface area contributed by atoms with Crippen LogP contribution in [-0.2, 0) is 33.5 Å². The highest BCUT2D eigenvalue weighted by Crippen LogP contribution is 2.20. The van der Waals surface area contributed by atoms with Crippen LogP contribution in [0.2, 0.25) is 0 Å². The summed E-state index contributed by atoms with van der Waals surface area (Å²) in [5.74, 6) is 0. The van der Waals surface area contributed by atoms with Gasteiger partial charge in [0, 0.05) is 59.2 Å². The van der Waals surface area contributed by atoms with Crippen LogP contribution in [0.15, 0.2) is 46.3 Å². The highest BCUT2D eigenvalue weighted by Gasteiger charge is 2.13. The second-order valence-electron chi connectivity index (χ2n) is 9.10. The lowest BCUT2D eigenvalue weighted by atomic mass is 10.1. The van der Waals surface area contributed by atoms with Crippen molar-refractivity contribution in [1.29, 1.82) is 0 Å². The number of hydrogen-bond donors (Lipinski definition) is 1. The average Bonchev–Trinajstić information content (AvgIpc) is 3.57. The third kappa shape index (κ3) is 6.93. The van der Waals surface area contributed by atoms with Gasteiger partial charge in [-0.05, 0) is 85.9 Å². The number of nitrogens with zero attached hydrogens (tertiary/aromatic N) is 8. The van der Waals surface area contributed by atoms with E-state index in [4.69, 9.17) is 0 Å². The second kappa shape index (κ2) is 13.5. The van der Waals surface area contributed by atoms with Crippen LogP contribution in [0.3, 0.4) is 0 Å². The van der Waals surface area contributed by atoms with Crippen molar-refractivity contribution in [1.82, 2.24) is 34.5 Å². The van der Waals surface area contributed by atoms with Gasteiger partial charge in [-0.2, -0.15) is 10.2 Å². The summed E-state index contributed by atoms with van der Waals surface area (Å²) in [7, 11) is 5.32. The quantitative estimate of drug-likeness (QED) is 0.293. The Hall–Kier alpha value is -3.50. The van der Waals surface area contributed by atoms with Crippen molar-refractivity contribution in [2.45, 2.75) is 54.0 Å². The van der Waals surface area contributed by atoms with E-state index in [1.807, 2.05) is 58.0 Å². The molecular formula is C29H38BrN9. The van der Waals surface area contributed by atoms with Gasteiger partial charge in [-0.15, -0.1) is 0 Å². The normalized spacial score (nSPS) is 11.6. The van der Waals surface area contributed by atoms with Crippen LogP contribution in [0.1, 0.15) is 54.5 Å². The topological polar surface area (TPSA) is 113 Å². The molecule has 206 valence electrons. The summed E-state index contributed by atoms with van der Waals surface area (Å²) in [6.07, 6.45) is 7.73. The molecule has 6 rings (SSSR count). The first kappa shape index (κ1) is 30.0. The largest absolute Gasteiger partial charge is 0.333 e. The summed E-state index contributed by atoms with van der Waals surface area (Å²) < 4.78 is 4.60. The number of fused-ring (bicyclic) bond motifs is 3. The summed E-state index contributed by atoms with van der Waals surface area (Å²) in [6, 6.07) is 6.41. The van der Waals surface area contributed by atoms with Crippen molar-refractivity contribution >= 4 is 43.7 Å². The molecule has 0 saturated heterocycles. The summed E-state index contributed by atoms with van der Waals surface area (Å²) in [6.45, 7) is 11.1. The summed E-state index contributed by atoms with van der Waals surface area (Å²) in [5.41, 5.74) is 14.5. The fourth-order valence-corrected chi connectivity index (χ4v) is 4.61. The monoisotopic (exact) mass is 591 g/mol. The zero-order valence-electron chi connectivity index (χ0n) is 24.1. The molecule has 0 amide bonds. The van der Waals surface area contributed by atoms with E-state index in [-0.39, 0.29) is 0 Å². The van der Waals surface area contributed by atoms with E-state index in [9.17, 15) is 0 Å². The van der Waals surface area contributed by atoms with E-state index < -0.39 is 0 Å². The minimum Gasteiger partial charge on any atom is -0.333 e. The fraction of sp³-hybridized carbons (Fsp3) is 0.379. The summed E-state index contributed by atoms with van der Waals surface area (Å²) in [5, 5.41) is 10.9. The molecule has 9 nitrogen and oxygen atoms in total. The molecule has 5 aromatic rings. The molecule has 0 saturated carbocycles. The van der Waals surface area contributed by atoms with E-state index >= 15 is 0 Å². The molecule has 2 N–H and O–H groups in total. The molecule has 0 bridgehead atoms. The van der Waals surface area contributed by atoms with E-state index in [0.29, 0.717) is 0 Å². The zero-order chi connectivity index (χ0) is 28.7. The highest BCUT2D eigenvalue weighted by molar-refractivity contribution is 9.10. The van der Waals surface area contributed by atoms with Crippen LogP contribution in [0, 0.1) is 13.8 Å². The Kier molecular flexibility index (Phi) is 10.4. The molecule has 0 spiro atoms. The number of pyridine rings is 3. The number of aryl methyl sites for hydroxylation is 6. The fourth-order valence-electron chi connectivity index (χ4n) is 4.27. The molecule has 10 heteroatoms. The molecule has 0 unspecified atom stereocenters. The van der Waals surface area contributed by atoms with Crippen molar-refractivity contribution in [3.05, 3.63) is 75.0 Å². The Bertz CT molecular complexity index is 1600. The molecule has 5 aromatic heterocycles. The van der Waals surface area contributed by atoms with Crippen LogP contribution >= 0.6 is 15.9 Å². The maximum atomic E-state index is 4.50. The van der Waals surface area contributed by atoms with Crippen molar-refractivity contribution < 1.29 is 0 Å². The van der Waals surface area contributed by atoms with E-state index in [2.05, 4.69) is 77.8 Å². The number of nitrogens with two attached hydrogens (primary N) is 1. The molecule has 0 aliphatic carbocycles. The molecule has 39 heavy (non-hydrogen) atoms. The van der Waals surface area contributed by atoms with Crippen molar-refractivity contribution in [2.24, 2.45) is 24.8 Å². The first-order valence-electron chi connectivity index (χ1n) is 13.0. The molecule has 1 aliphatic rings. The summed E-state index contributed by atoms with van der Waals surface area (Å²) in [4.78, 5) is 17.3.